The first-order valence-electron chi connectivity index (χ1n) is 6.80. The van der Waals surface area contributed by atoms with E-state index >= 15 is 0 Å². The van der Waals surface area contributed by atoms with Crippen LogP contribution in [0.4, 0.5) is 4.39 Å². The Bertz CT molecular complexity index is 561. The molecule has 0 radical (unpaired) electrons. The Morgan fingerprint density at radius 2 is 1.95 bits per heavy atom. The summed E-state index contributed by atoms with van der Waals surface area (Å²) in [4.78, 5) is 0.0903. The number of halogens is 2. The largest absolute Gasteiger partial charge is 0.312 e. The van der Waals surface area contributed by atoms with Gasteiger partial charge in [-0.3, -0.25) is 0 Å². The maximum atomic E-state index is 12.8. The van der Waals surface area contributed by atoms with Gasteiger partial charge >= 0.3 is 0 Å². The van der Waals surface area contributed by atoms with Gasteiger partial charge in [0.2, 0.25) is 10.0 Å². The summed E-state index contributed by atoms with van der Waals surface area (Å²) in [6.07, 6.45) is 2.18. The highest BCUT2D eigenvalue weighted by molar-refractivity contribution is 7.89. The monoisotopic (exact) mass is 336 g/mol. The third kappa shape index (κ3) is 4.64. The molecule has 4 nitrogen and oxygen atoms in total. The Balaban J connectivity index is 0.00000220. The van der Waals surface area contributed by atoms with Crippen LogP contribution in [0.25, 0.3) is 0 Å². The van der Waals surface area contributed by atoms with E-state index < -0.39 is 15.8 Å². The predicted molar refractivity (Wildman–Crippen MR) is 83.6 cm³/mol. The molecule has 1 aromatic rings. The molecule has 0 aliphatic carbocycles. The van der Waals surface area contributed by atoms with Gasteiger partial charge in [0.05, 0.1) is 4.90 Å². The summed E-state index contributed by atoms with van der Waals surface area (Å²) in [5.74, 6) is -0.445. The third-order valence-corrected chi connectivity index (χ3v) is 5.37. The van der Waals surface area contributed by atoms with Gasteiger partial charge in [-0.25, -0.2) is 17.5 Å². The summed E-state index contributed by atoms with van der Waals surface area (Å²) >= 11 is 0. The van der Waals surface area contributed by atoms with Crippen molar-refractivity contribution in [3.63, 3.8) is 0 Å². The highest BCUT2D eigenvalue weighted by Crippen LogP contribution is 2.29. The summed E-state index contributed by atoms with van der Waals surface area (Å²) in [5, 5.41) is 3.36. The van der Waals surface area contributed by atoms with E-state index in [9.17, 15) is 12.8 Å². The molecule has 0 saturated carbocycles. The molecule has 1 fully saturated rings. The number of rotatable bonds is 4. The van der Waals surface area contributed by atoms with Crippen molar-refractivity contribution in [1.82, 2.24) is 10.0 Å². The lowest BCUT2D eigenvalue weighted by molar-refractivity contribution is 0.181. The zero-order chi connectivity index (χ0) is 14.8. The lowest BCUT2D eigenvalue weighted by Crippen LogP contribution is -2.52. The van der Waals surface area contributed by atoms with Crippen LogP contribution in [-0.2, 0) is 10.0 Å². The Labute approximate surface area is 132 Å². The van der Waals surface area contributed by atoms with Crippen LogP contribution in [0.5, 0.6) is 0 Å². The van der Waals surface area contributed by atoms with E-state index in [1.165, 1.54) is 12.1 Å². The molecule has 2 N–H and O–H groups in total. The van der Waals surface area contributed by atoms with Crippen LogP contribution in [0.3, 0.4) is 0 Å². The molecule has 21 heavy (non-hydrogen) atoms. The second kappa shape index (κ2) is 7.05. The van der Waals surface area contributed by atoms with Crippen LogP contribution in [0.15, 0.2) is 29.2 Å². The van der Waals surface area contributed by atoms with E-state index in [0.29, 0.717) is 6.54 Å². The fourth-order valence-corrected chi connectivity index (χ4v) is 3.56. The molecule has 1 atom stereocenters. The normalized spacial score (nSPS) is 21.6. The van der Waals surface area contributed by atoms with Gasteiger partial charge in [-0.05, 0) is 49.1 Å². The summed E-state index contributed by atoms with van der Waals surface area (Å²) in [6.45, 7) is 5.52. The van der Waals surface area contributed by atoms with E-state index in [2.05, 4.69) is 23.9 Å². The van der Waals surface area contributed by atoms with Crippen molar-refractivity contribution < 1.29 is 12.8 Å². The number of hydrogen-bond donors (Lipinski definition) is 2. The molecule has 120 valence electrons. The number of piperidine rings is 1. The molecule has 2 rings (SSSR count). The van der Waals surface area contributed by atoms with Gasteiger partial charge in [0.25, 0.3) is 0 Å². The quantitative estimate of drug-likeness (QED) is 0.887. The van der Waals surface area contributed by atoms with Gasteiger partial charge in [0.1, 0.15) is 5.82 Å². The van der Waals surface area contributed by atoms with E-state index in [-0.39, 0.29) is 28.8 Å². The third-order valence-electron chi connectivity index (χ3n) is 3.93. The van der Waals surface area contributed by atoms with Crippen LogP contribution in [0.2, 0.25) is 0 Å². The molecule has 1 saturated heterocycles. The summed E-state index contributed by atoms with van der Waals surface area (Å²) in [6, 6.07) is 4.95. The molecule has 0 aromatic heterocycles. The highest BCUT2D eigenvalue weighted by Gasteiger charge is 2.32. The molecule has 1 aliphatic rings. The second-order valence-electron chi connectivity index (χ2n) is 5.90. The lowest BCUT2D eigenvalue weighted by Gasteiger charge is -2.39. The molecule has 0 spiro atoms. The van der Waals surface area contributed by atoms with Gasteiger partial charge in [0, 0.05) is 12.6 Å². The first kappa shape index (κ1) is 18.4. The molecule has 0 amide bonds. The van der Waals surface area contributed by atoms with Gasteiger partial charge in [-0.1, -0.05) is 13.8 Å². The summed E-state index contributed by atoms with van der Waals surface area (Å²) in [7, 11) is -3.58. The van der Waals surface area contributed by atoms with Crippen LogP contribution < -0.4 is 10.0 Å². The van der Waals surface area contributed by atoms with Gasteiger partial charge in [0.15, 0.2) is 0 Å². The van der Waals surface area contributed by atoms with E-state index in [1.807, 2.05) is 0 Å². The number of sulfonamides is 1. The minimum atomic E-state index is -3.58. The van der Waals surface area contributed by atoms with Crippen LogP contribution in [0, 0.1) is 11.2 Å². The first-order valence-corrected chi connectivity index (χ1v) is 8.28. The van der Waals surface area contributed by atoms with Crippen molar-refractivity contribution in [2.24, 2.45) is 5.41 Å². The molecule has 7 heteroatoms. The molecule has 1 aliphatic heterocycles. The highest BCUT2D eigenvalue weighted by atomic mass is 35.5. The van der Waals surface area contributed by atoms with Crippen LogP contribution in [0.1, 0.15) is 26.7 Å². The molecule has 0 bridgehead atoms. The van der Waals surface area contributed by atoms with Crippen molar-refractivity contribution in [3.05, 3.63) is 30.1 Å². The van der Waals surface area contributed by atoms with Crippen molar-refractivity contribution in [3.8, 4) is 0 Å². The van der Waals surface area contributed by atoms with Crippen molar-refractivity contribution in [2.75, 3.05) is 13.1 Å². The minimum absolute atomic E-state index is 0. The molecule has 1 unspecified atom stereocenters. The Kier molecular flexibility index (Phi) is 6.16. The topological polar surface area (TPSA) is 58.2 Å². The smallest absolute Gasteiger partial charge is 0.240 e. The van der Waals surface area contributed by atoms with Crippen molar-refractivity contribution in [2.45, 2.75) is 37.6 Å². The molecular formula is C14H22ClFN2O2S. The first-order chi connectivity index (χ1) is 9.31. The number of benzene rings is 1. The predicted octanol–water partition coefficient (Wildman–Crippen LogP) is 2.30. The summed E-state index contributed by atoms with van der Waals surface area (Å²) in [5.41, 5.74) is 0.0591. The average Bonchev–Trinajstić information content (AvgIpc) is 2.37. The van der Waals surface area contributed by atoms with Gasteiger partial charge in [-0.15, -0.1) is 12.4 Å². The zero-order valence-corrected chi connectivity index (χ0v) is 13.9. The standard InChI is InChI=1S/C14H21FN2O2S.ClH/c1-14(2)8-3-9-16-13(14)10-17-20(18,19)12-6-4-11(15)5-7-12;/h4-7,13,16-17H,3,8-10H2,1-2H3;1H. The van der Waals surface area contributed by atoms with Crippen LogP contribution in [-0.4, -0.2) is 27.5 Å². The lowest BCUT2D eigenvalue weighted by atomic mass is 9.78. The fourth-order valence-electron chi connectivity index (χ4n) is 2.51. The Morgan fingerprint density at radius 1 is 1.33 bits per heavy atom. The molecule has 1 aromatic carbocycles. The SMILES string of the molecule is CC1(C)CCCNC1CNS(=O)(=O)c1ccc(F)cc1.Cl. The maximum absolute atomic E-state index is 12.8. The van der Waals surface area contributed by atoms with E-state index in [4.69, 9.17) is 0 Å². The Morgan fingerprint density at radius 3 is 2.52 bits per heavy atom. The molecular weight excluding hydrogens is 315 g/mol. The van der Waals surface area contributed by atoms with Crippen molar-refractivity contribution >= 4 is 22.4 Å². The number of hydrogen-bond acceptors (Lipinski definition) is 3. The van der Waals surface area contributed by atoms with Crippen molar-refractivity contribution in [1.29, 1.82) is 0 Å². The Hall–Kier alpha value is -0.690. The average molecular weight is 337 g/mol. The van der Waals surface area contributed by atoms with Gasteiger partial charge < -0.3 is 5.32 Å². The summed E-state index contributed by atoms with van der Waals surface area (Å²) < 4.78 is 39.7. The molecule has 1 heterocycles. The van der Waals surface area contributed by atoms with E-state index in [0.717, 1.165) is 31.5 Å². The van der Waals surface area contributed by atoms with Gasteiger partial charge in [-0.2, -0.15) is 0 Å². The van der Waals surface area contributed by atoms with E-state index in [1.54, 1.807) is 0 Å². The second-order valence-corrected chi connectivity index (χ2v) is 7.67. The number of nitrogens with one attached hydrogen (secondary N) is 2. The fraction of sp³-hybridized carbons (Fsp3) is 0.571. The zero-order valence-electron chi connectivity index (χ0n) is 12.2. The van der Waals surface area contributed by atoms with Crippen LogP contribution >= 0.6 is 12.4 Å². The minimum Gasteiger partial charge on any atom is -0.312 e. The maximum Gasteiger partial charge on any atom is 0.240 e.